The lowest BCUT2D eigenvalue weighted by Crippen LogP contribution is -2.15. The highest BCUT2D eigenvalue weighted by molar-refractivity contribution is 6.05. The second-order valence-corrected chi connectivity index (χ2v) is 3.51. The van der Waals surface area contributed by atoms with Gasteiger partial charge in [0, 0.05) is 12.1 Å². The van der Waals surface area contributed by atoms with Crippen molar-refractivity contribution in [1.82, 2.24) is 4.98 Å². The van der Waals surface area contributed by atoms with Crippen LogP contribution in [0.2, 0.25) is 0 Å². The topological polar surface area (TPSA) is 93.3 Å². The van der Waals surface area contributed by atoms with Gasteiger partial charge >= 0.3 is 5.97 Å². The zero-order valence-electron chi connectivity index (χ0n) is 8.78. The number of carboxylic acids is 1. The third kappa shape index (κ3) is 1.86. The molecule has 1 aromatic carbocycles. The van der Waals surface area contributed by atoms with Crippen molar-refractivity contribution in [2.24, 2.45) is 5.73 Å². The van der Waals surface area contributed by atoms with Crippen molar-refractivity contribution in [2.75, 3.05) is 0 Å². The molecule has 1 heterocycles. The fourth-order valence-corrected chi connectivity index (χ4v) is 1.58. The lowest BCUT2D eigenvalue weighted by molar-refractivity contribution is 0.0698. The van der Waals surface area contributed by atoms with E-state index in [1.54, 1.807) is 0 Å². The van der Waals surface area contributed by atoms with Gasteiger partial charge in [0.2, 0.25) is 0 Å². The third-order valence-electron chi connectivity index (χ3n) is 2.31. The highest BCUT2D eigenvalue weighted by Gasteiger charge is 2.18. The zero-order chi connectivity index (χ0) is 13.4. The van der Waals surface area contributed by atoms with Crippen LogP contribution in [-0.2, 0) is 0 Å². The van der Waals surface area contributed by atoms with Crippen LogP contribution < -0.4 is 5.73 Å². The molecule has 0 atom stereocenters. The maximum Gasteiger partial charge on any atom is 0.336 e. The first-order chi connectivity index (χ1) is 8.40. The molecule has 7 heteroatoms. The van der Waals surface area contributed by atoms with E-state index in [1.165, 1.54) is 0 Å². The summed E-state index contributed by atoms with van der Waals surface area (Å²) >= 11 is 0. The number of fused-ring (bicyclic) bond motifs is 1. The van der Waals surface area contributed by atoms with E-state index >= 15 is 0 Å². The standard InChI is InChI=1S/C11H6F2N2O3/c12-4-1-6(13)9-5(11(17)18)3-8(10(14)16)15-7(9)2-4/h1-3H,(H2,14,16)(H,17,18). The van der Waals surface area contributed by atoms with Gasteiger partial charge in [-0.3, -0.25) is 4.79 Å². The number of hydrogen-bond acceptors (Lipinski definition) is 3. The minimum absolute atomic E-state index is 0.277. The van der Waals surface area contributed by atoms with E-state index in [0.717, 1.165) is 12.1 Å². The predicted octanol–water partition coefficient (Wildman–Crippen LogP) is 1.31. The first-order valence-corrected chi connectivity index (χ1v) is 4.73. The Bertz CT molecular complexity index is 686. The van der Waals surface area contributed by atoms with Crippen molar-refractivity contribution >= 4 is 22.8 Å². The molecule has 0 aliphatic rings. The van der Waals surface area contributed by atoms with E-state index < -0.39 is 29.1 Å². The molecule has 0 unspecified atom stereocenters. The molecule has 2 aromatic rings. The van der Waals surface area contributed by atoms with Gasteiger partial charge < -0.3 is 10.8 Å². The molecule has 0 radical (unpaired) electrons. The number of carbonyl (C=O) groups excluding carboxylic acids is 1. The number of carboxylic acid groups (broad SMARTS) is 1. The molecule has 5 nitrogen and oxygen atoms in total. The molecule has 92 valence electrons. The van der Waals surface area contributed by atoms with Crippen molar-refractivity contribution in [3.63, 3.8) is 0 Å². The van der Waals surface area contributed by atoms with Gasteiger partial charge in [0.05, 0.1) is 16.5 Å². The van der Waals surface area contributed by atoms with Crippen LogP contribution in [0, 0.1) is 11.6 Å². The molecular weight excluding hydrogens is 246 g/mol. The molecule has 1 aromatic heterocycles. The summed E-state index contributed by atoms with van der Waals surface area (Å²) in [5, 5.41) is 8.58. The molecule has 2 rings (SSSR count). The number of rotatable bonds is 2. The number of nitrogens with two attached hydrogens (primary N) is 1. The fraction of sp³-hybridized carbons (Fsp3) is 0. The Morgan fingerprint density at radius 2 is 1.89 bits per heavy atom. The monoisotopic (exact) mass is 252 g/mol. The van der Waals surface area contributed by atoms with Gasteiger partial charge in [0.25, 0.3) is 5.91 Å². The molecular formula is C11H6F2N2O3. The Kier molecular flexibility index (Phi) is 2.66. The number of benzene rings is 1. The van der Waals surface area contributed by atoms with Crippen LogP contribution in [-0.4, -0.2) is 22.0 Å². The minimum Gasteiger partial charge on any atom is -0.478 e. The Morgan fingerprint density at radius 3 is 2.44 bits per heavy atom. The predicted molar refractivity (Wildman–Crippen MR) is 57.1 cm³/mol. The summed E-state index contributed by atoms with van der Waals surface area (Å²) in [5.41, 5.74) is 3.83. The minimum atomic E-state index is -1.46. The van der Waals surface area contributed by atoms with Crippen LogP contribution >= 0.6 is 0 Å². The SMILES string of the molecule is NC(=O)c1cc(C(=O)O)c2c(F)cc(F)cc2n1. The lowest BCUT2D eigenvalue weighted by Gasteiger charge is -2.06. The van der Waals surface area contributed by atoms with Crippen molar-refractivity contribution in [3.05, 3.63) is 41.1 Å². The number of aromatic nitrogens is 1. The van der Waals surface area contributed by atoms with Gasteiger partial charge in [-0.25, -0.2) is 18.6 Å². The van der Waals surface area contributed by atoms with Crippen LogP contribution in [0.25, 0.3) is 10.9 Å². The lowest BCUT2D eigenvalue weighted by atomic mass is 10.1. The molecule has 18 heavy (non-hydrogen) atoms. The molecule has 0 fully saturated rings. The van der Waals surface area contributed by atoms with Crippen LogP contribution in [0.3, 0.4) is 0 Å². The number of nitrogens with zero attached hydrogens (tertiary/aromatic N) is 1. The number of pyridine rings is 1. The van der Waals surface area contributed by atoms with Crippen molar-refractivity contribution in [3.8, 4) is 0 Å². The number of primary amides is 1. The molecule has 0 saturated carbocycles. The van der Waals surface area contributed by atoms with E-state index in [4.69, 9.17) is 10.8 Å². The van der Waals surface area contributed by atoms with E-state index in [0.29, 0.717) is 6.07 Å². The molecule has 1 amide bonds. The highest BCUT2D eigenvalue weighted by atomic mass is 19.1. The first kappa shape index (κ1) is 11.9. The summed E-state index contributed by atoms with van der Waals surface area (Å²) in [6.45, 7) is 0. The van der Waals surface area contributed by atoms with Crippen LogP contribution in [0.15, 0.2) is 18.2 Å². The van der Waals surface area contributed by atoms with Gasteiger partial charge in [-0.2, -0.15) is 0 Å². The number of carbonyl (C=O) groups is 2. The molecule has 0 bridgehead atoms. The second kappa shape index (κ2) is 4.02. The Morgan fingerprint density at radius 1 is 1.22 bits per heavy atom. The van der Waals surface area contributed by atoms with E-state index in [2.05, 4.69) is 4.98 Å². The average molecular weight is 252 g/mol. The Balaban J connectivity index is 2.94. The number of halogens is 2. The van der Waals surface area contributed by atoms with Crippen LogP contribution in [0.4, 0.5) is 8.78 Å². The quantitative estimate of drug-likeness (QED) is 0.842. The van der Waals surface area contributed by atoms with Crippen molar-refractivity contribution in [1.29, 1.82) is 0 Å². The van der Waals surface area contributed by atoms with Gasteiger partial charge in [-0.15, -0.1) is 0 Å². The number of hydrogen-bond donors (Lipinski definition) is 2. The van der Waals surface area contributed by atoms with E-state index in [1.807, 2.05) is 0 Å². The largest absolute Gasteiger partial charge is 0.478 e. The Labute approximate surface area is 98.9 Å². The first-order valence-electron chi connectivity index (χ1n) is 4.73. The summed E-state index contributed by atoms with van der Waals surface area (Å²) in [6.07, 6.45) is 0. The maximum atomic E-state index is 13.5. The van der Waals surface area contributed by atoms with Crippen molar-refractivity contribution in [2.45, 2.75) is 0 Å². The molecule has 0 aliphatic carbocycles. The maximum absolute atomic E-state index is 13.5. The smallest absolute Gasteiger partial charge is 0.336 e. The molecule has 3 N–H and O–H groups in total. The summed E-state index contributed by atoms with van der Waals surface area (Å²) in [5.74, 6) is -4.43. The van der Waals surface area contributed by atoms with E-state index in [9.17, 15) is 18.4 Å². The third-order valence-corrected chi connectivity index (χ3v) is 2.31. The zero-order valence-corrected chi connectivity index (χ0v) is 8.78. The number of amides is 1. The van der Waals surface area contributed by atoms with Gasteiger partial charge in [-0.05, 0) is 6.07 Å². The van der Waals surface area contributed by atoms with Gasteiger partial charge in [0.1, 0.15) is 17.3 Å². The van der Waals surface area contributed by atoms with E-state index in [-0.39, 0.29) is 16.6 Å². The highest BCUT2D eigenvalue weighted by Crippen LogP contribution is 2.23. The normalized spacial score (nSPS) is 10.6. The summed E-state index contributed by atoms with van der Waals surface area (Å²) in [4.78, 5) is 25.6. The van der Waals surface area contributed by atoms with Crippen LogP contribution in [0.5, 0.6) is 0 Å². The Hall–Kier alpha value is -2.57. The summed E-state index contributed by atoms with van der Waals surface area (Å²) < 4.78 is 26.6. The summed E-state index contributed by atoms with van der Waals surface area (Å²) in [6, 6.07) is 2.23. The van der Waals surface area contributed by atoms with Gasteiger partial charge in [-0.1, -0.05) is 0 Å². The van der Waals surface area contributed by atoms with Crippen molar-refractivity contribution < 1.29 is 23.5 Å². The second-order valence-electron chi connectivity index (χ2n) is 3.51. The average Bonchev–Trinajstić information content (AvgIpc) is 2.26. The summed E-state index contributed by atoms with van der Waals surface area (Å²) in [7, 11) is 0. The van der Waals surface area contributed by atoms with Crippen LogP contribution in [0.1, 0.15) is 20.8 Å². The number of aromatic carboxylic acids is 1. The molecule has 0 aliphatic heterocycles. The fourth-order valence-electron chi connectivity index (χ4n) is 1.58. The molecule has 0 saturated heterocycles. The van der Waals surface area contributed by atoms with Gasteiger partial charge in [0.15, 0.2) is 0 Å². The molecule has 0 spiro atoms.